The predicted molar refractivity (Wildman–Crippen MR) is 119 cm³/mol. The first-order chi connectivity index (χ1) is 11.9. The van der Waals surface area contributed by atoms with Crippen molar-refractivity contribution >= 4 is 6.29 Å². The lowest BCUT2D eigenvalue weighted by Crippen LogP contribution is -1.95. The summed E-state index contributed by atoms with van der Waals surface area (Å²) in [7, 11) is 0. The van der Waals surface area contributed by atoms with Crippen LogP contribution in [0.3, 0.4) is 0 Å². The minimum absolute atomic E-state index is 0.455. The molecule has 0 saturated heterocycles. The van der Waals surface area contributed by atoms with Crippen molar-refractivity contribution in [3.8, 4) is 0 Å². The maximum Gasteiger partial charge on any atom is 0.124 e. The number of hydrogen-bond donors (Lipinski definition) is 0. The Morgan fingerprint density at radius 2 is 1.32 bits per heavy atom. The van der Waals surface area contributed by atoms with Gasteiger partial charge in [-0.25, -0.2) is 0 Å². The second-order valence-electron chi connectivity index (χ2n) is 5.42. The maximum atomic E-state index is 10.9. The van der Waals surface area contributed by atoms with Gasteiger partial charge < -0.3 is 4.79 Å². The van der Waals surface area contributed by atoms with E-state index in [9.17, 15) is 4.79 Å². The Morgan fingerprint density at radius 3 is 1.56 bits per heavy atom. The van der Waals surface area contributed by atoms with E-state index in [-0.39, 0.29) is 0 Å². The predicted octanol–water partition coefficient (Wildman–Crippen LogP) is 8.63. The molecule has 0 fully saturated rings. The van der Waals surface area contributed by atoms with Crippen molar-refractivity contribution in [1.29, 1.82) is 0 Å². The molecular formula is C24H46O. The Hall–Kier alpha value is -1.37. The van der Waals surface area contributed by atoms with Crippen LogP contribution in [0.15, 0.2) is 47.1 Å². The molecule has 1 heteroatoms. The molecule has 0 aromatic carbocycles. The Balaban J connectivity index is -0.000000274. The molecule has 0 spiro atoms. The van der Waals surface area contributed by atoms with E-state index in [1.54, 1.807) is 0 Å². The number of rotatable bonds is 8. The fraction of sp³-hybridized carbons (Fsp3) is 0.625. The van der Waals surface area contributed by atoms with Crippen molar-refractivity contribution in [3.63, 3.8) is 0 Å². The fourth-order valence-electron chi connectivity index (χ4n) is 2.05. The van der Waals surface area contributed by atoms with Gasteiger partial charge in [-0.05, 0) is 43.4 Å². The van der Waals surface area contributed by atoms with Gasteiger partial charge in [0.05, 0.1) is 0 Å². The van der Waals surface area contributed by atoms with Gasteiger partial charge in [0.2, 0.25) is 0 Å². The molecule has 0 aromatic rings. The standard InChI is InChI=1S/C17H26O.C3H8.2C2H6/c1-7-9-15(13(3)4)12-16(10-11-18)17(8-2)14(5)6;1-3-2;2*1-2/h11-12H,3,5,7-10H2,1-2,4,6H3;3H2,1-2H3;2*1-2H3/b15-12+,17-16-;;;. The first kappa shape index (κ1) is 31.4. The zero-order valence-electron chi connectivity index (χ0n) is 19.0. The van der Waals surface area contributed by atoms with E-state index in [1.807, 2.05) is 41.5 Å². The van der Waals surface area contributed by atoms with E-state index in [2.05, 4.69) is 46.9 Å². The number of carbonyl (C=O) groups excluding carboxylic acids is 1. The lowest BCUT2D eigenvalue weighted by atomic mass is 9.93. The van der Waals surface area contributed by atoms with Crippen LogP contribution in [-0.2, 0) is 4.79 Å². The molecule has 0 aliphatic rings. The third-order valence-corrected chi connectivity index (χ3v) is 2.98. The summed E-state index contributed by atoms with van der Waals surface area (Å²) in [5, 5.41) is 0. The lowest BCUT2D eigenvalue weighted by Gasteiger charge is -2.12. The first-order valence-corrected chi connectivity index (χ1v) is 10.1. The highest BCUT2D eigenvalue weighted by Crippen LogP contribution is 2.24. The minimum atomic E-state index is 0.455. The second kappa shape index (κ2) is 24.9. The SMILES string of the molecule is C=C(C)/C(CC)=C(\C=C(/CCC)C(=C)C)CC=O.CC.CC.CCC. The first-order valence-electron chi connectivity index (χ1n) is 10.1. The third-order valence-electron chi connectivity index (χ3n) is 2.98. The lowest BCUT2D eigenvalue weighted by molar-refractivity contribution is -0.107. The topological polar surface area (TPSA) is 17.1 Å². The molecule has 0 atom stereocenters. The average molecular weight is 351 g/mol. The van der Waals surface area contributed by atoms with Gasteiger partial charge in [-0.2, -0.15) is 0 Å². The molecule has 0 radical (unpaired) electrons. The third kappa shape index (κ3) is 18.8. The van der Waals surface area contributed by atoms with E-state index in [0.29, 0.717) is 6.42 Å². The zero-order chi connectivity index (χ0) is 20.8. The highest BCUT2D eigenvalue weighted by atomic mass is 16.1. The Bertz CT molecular complexity index is 394. The van der Waals surface area contributed by atoms with Crippen molar-refractivity contribution in [1.82, 2.24) is 0 Å². The van der Waals surface area contributed by atoms with Crippen LogP contribution in [0.4, 0.5) is 0 Å². The second-order valence-corrected chi connectivity index (χ2v) is 5.42. The zero-order valence-corrected chi connectivity index (χ0v) is 19.0. The van der Waals surface area contributed by atoms with Crippen molar-refractivity contribution in [2.24, 2.45) is 0 Å². The van der Waals surface area contributed by atoms with E-state index >= 15 is 0 Å². The number of aldehydes is 1. The summed E-state index contributed by atoms with van der Waals surface area (Å²) in [4.78, 5) is 10.9. The molecule has 0 N–H and O–H groups in total. The maximum absolute atomic E-state index is 10.9. The van der Waals surface area contributed by atoms with E-state index in [0.717, 1.165) is 42.3 Å². The van der Waals surface area contributed by atoms with Crippen LogP contribution in [0.5, 0.6) is 0 Å². The van der Waals surface area contributed by atoms with Gasteiger partial charge in [0, 0.05) is 6.42 Å². The highest BCUT2D eigenvalue weighted by Gasteiger charge is 2.06. The number of hydrogen-bond acceptors (Lipinski definition) is 1. The molecule has 0 heterocycles. The van der Waals surface area contributed by atoms with Crippen LogP contribution in [-0.4, -0.2) is 6.29 Å². The van der Waals surface area contributed by atoms with Gasteiger partial charge in [0.1, 0.15) is 6.29 Å². The van der Waals surface area contributed by atoms with Gasteiger partial charge in [0.15, 0.2) is 0 Å². The molecule has 0 aromatic heterocycles. The smallest absolute Gasteiger partial charge is 0.124 e. The summed E-state index contributed by atoms with van der Waals surface area (Å²) in [6, 6.07) is 0. The monoisotopic (exact) mass is 350 g/mol. The van der Waals surface area contributed by atoms with Crippen molar-refractivity contribution in [2.45, 2.75) is 101 Å². The van der Waals surface area contributed by atoms with Crippen LogP contribution in [0, 0.1) is 0 Å². The molecule has 25 heavy (non-hydrogen) atoms. The van der Waals surface area contributed by atoms with Crippen LogP contribution in [0.1, 0.15) is 101 Å². The molecule has 0 saturated carbocycles. The van der Waals surface area contributed by atoms with Gasteiger partial charge in [-0.1, -0.05) is 98.6 Å². The van der Waals surface area contributed by atoms with Gasteiger partial charge in [-0.15, -0.1) is 0 Å². The van der Waals surface area contributed by atoms with Crippen molar-refractivity contribution in [2.75, 3.05) is 0 Å². The Morgan fingerprint density at radius 1 is 0.880 bits per heavy atom. The summed E-state index contributed by atoms with van der Waals surface area (Å²) in [6.07, 6.45) is 7.80. The molecule has 148 valence electrons. The molecule has 0 bridgehead atoms. The van der Waals surface area contributed by atoms with Crippen LogP contribution < -0.4 is 0 Å². The number of allylic oxidation sites excluding steroid dienone is 6. The Labute approximate surface area is 160 Å². The molecule has 0 unspecified atom stereocenters. The highest BCUT2D eigenvalue weighted by molar-refractivity contribution is 5.59. The van der Waals surface area contributed by atoms with Crippen LogP contribution >= 0.6 is 0 Å². The molecule has 0 rings (SSSR count). The Kier molecular flexibility index (Phi) is 31.3. The average Bonchev–Trinajstić information content (AvgIpc) is 2.59. The fourth-order valence-corrected chi connectivity index (χ4v) is 2.05. The summed E-state index contributed by atoms with van der Waals surface area (Å²) in [6.45, 7) is 28.5. The quantitative estimate of drug-likeness (QED) is 0.316. The normalized spacial score (nSPS) is 10.6. The molecule has 0 amide bonds. The van der Waals surface area contributed by atoms with Crippen LogP contribution in [0.2, 0.25) is 0 Å². The molecule has 0 aliphatic heterocycles. The summed E-state index contributed by atoms with van der Waals surface area (Å²) >= 11 is 0. The molecule has 0 aliphatic carbocycles. The van der Waals surface area contributed by atoms with Crippen LogP contribution in [0.25, 0.3) is 0 Å². The minimum Gasteiger partial charge on any atom is -0.303 e. The largest absolute Gasteiger partial charge is 0.303 e. The summed E-state index contributed by atoms with van der Waals surface area (Å²) < 4.78 is 0. The van der Waals surface area contributed by atoms with Crippen molar-refractivity contribution in [3.05, 3.63) is 47.1 Å². The number of carbonyl (C=O) groups is 1. The van der Waals surface area contributed by atoms with Crippen molar-refractivity contribution < 1.29 is 4.79 Å². The van der Waals surface area contributed by atoms with Gasteiger partial charge in [-0.3, -0.25) is 0 Å². The van der Waals surface area contributed by atoms with Gasteiger partial charge >= 0.3 is 0 Å². The molecular weight excluding hydrogens is 304 g/mol. The molecule has 1 nitrogen and oxygen atoms in total. The summed E-state index contributed by atoms with van der Waals surface area (Å²) in [5.74, 6) is 0. The van der Waals surface area contributed by atoms with E-state index in [1.165, 1.54) is 17.6 Å². The van der Waals surface area contributed by atoms with E-state index in [4.69, 9.17) is 0 Å². The summed E-state index contributed by atoms with van der Waals surface area (Å²) in [5.41, 5.74) is 5.64. The van der Waals surface area contributed by atoms with E-state index < -0.39 is 0 Å². The van der Waals surface area contributed by atoms with Gasteiger partial charge in [0.25, 0.3) is 0 Å².